The van der Waals surface area contributed by atoms with Crippen molar-refractivity contribution in [1.29, 1.82) is 0 Å². The zero-order chi connectivity index (χ0) is 15.0. The molecular weight excluding hydrogens is 335 g/mol. The van der Waals surface area contributed by atoms with Crippen molar-refractivity contribution < 1.29 is 9.18 Å². The van der Waals surface area contributed by atoms with E-state index >= 15 is 0 Å². The summed E-state index contributed by atoms with van der Waals surface area (Å²) in [5, 5.41) is 3.46. The maximum Gasteiger partial charge on any atom is 0.244 e. The first-order valence-electron chi connectivity index (χ1n) is 7.61. The molecule has 3 nitrogen and oxygen atoms in total. The summed E-state index contributed by atoms with van der Waals surface area (Å²) in [6.07, 6.45) is 4.65. The molecule has 1 heterocycles. The van der Waals surface area contributed by atoms with Crippen LogP contribution in [-0.2, 0) is 4.79 Å². The van der Waals surface area contributed by atoms with Crippen molar-refractivity contribution in [2.45, 2.75) is 50.7 Å². The lowest BCUT2D eigenvalue weighted by molar-refractivity contribution is -0.134. The van der Waals surface area contributed by atoms with Crippen LogP contribution in [0.3, 0.4) is 0 Å². The van der Waals surface area contributed by atoms with Gasteiger partial charge in [-0.2, -0.15) is 0 Å². The summed E-state index contributed by atoms with van der Waals surface area (Å²) in [5.41, 5.74) is 0.0651. The van der Waals surface area contributed by atoms with E-state index in [-0.39, 0.29) is 17.9 Å². The maximum absolute atomic E-state index is 14.2. The second-order valence-corrected chi connectivity index (χ2v) is 6.86. The molecule has 1 aliphatic heterocycles. The third-order valence-corrected chi connectivity index (χ3v) is 5.19. The average molecular weight is 355 g/mol. The number of benzene rings is 1. The Morgan fingerprint density at radius 2 is 2.10 bits per heavy atom. The third kappa shape index (κ3) is 2.50. The molecule has 21 heavy (non-hydrogen) atoms. The summed E-state index contributed by atoms with van der Waals surface area (Å²) in [5.74, 6) is -0.135. The van der Waals surface area contributed by atoms with Crippen LogP contribution in [0.25, 0.3) is 0 Å². The third-order valence-electron chi connectivity index (χ3n) is 4.70. The maximum atomic E-state index is 14.2. The minimum atomic E-state index is -0.478. The van der Waals surface area contributed by atoms with Crippen LogP contribution < -0.4 is 5.32 Å². The molecular formula is C16H20BrFN2O. The Bertz CT molecular complexity index is 557. The van der Waals surface area contributed by atoms with Crippen molar-refractivity contribution in [3.8, 4) is 0 Å². The van der Waals surface area contributed by atoms with Gasteiger partial charge in [-0.1, -0.05) is 35.2 Å². The summed E-state index contributed by atoms with van der Waals surface area (Å²) in [4.78, 5) is 14.6. The molecule has 1 N–H and O–H groups in total. The van der Waals surface area contributed by atoms with Crippen molar-refractivity contribution in [2.24, 2.45) is 0 Å². The first-order chi connectivity index (χ1) is 10.1. The van der Waals surface area contributed by atoms with E-state index in [0.717, 1.165) is 30.2 Å². The van der Waals surface area contributed by atoms with Gasteiger partial charge in [-0.05, 0) is 38.0 Å². The van der Waals surface area contributed by atoms with Crippen LogP contribution in [0.5, 0.6) is 0 Å². The van der Waals surface area contributed by atoms with E-state index in [2.05, 4.69) is 21.2 Å². The molecule has 5 heteroatoms. The van der Waals surface area contributed by atoms with E-state index in [1.807, 2.05) is 6.92 Å². The number of carbonyl (C=O) groups is 1. The smallest absolute Gasteiger partial charge is 0.244 e. The summed E-state index contributed by atoms with van der Waals surface area (Å²) >= 11 is 3.39. The van der Waals surface area contributed by atoms with E-state index in [4.69, 9.17) is 0 Å². The van der Waals surface area contributed by atoms with Crippen LogP contribution in [0.4, 0.5) is 4.39 Å². The van der Waals surface area contributed by atoms with Gasteiger partial charge in [-0.3, -0.25) is 10.1 Å². The zero-order valence-electron chi connectivity index (χ0n) is 12.2. The topological polar surface area (TPSA) is 32.3 Å². The highest BCUT2D eigenvalue weighted by atomic mass is 79.9. The molecule has 0 radical (unpaired) electrons. The molecule has 1 aliphatic carbocycles. The van der Waals surface area contributed by atoms with Crippen LogP contribution in [-0.4, -0.2) is 22.9 Å². The van der Waals surface area contributed by atoms with Crippen molar-refractivity contribution in [1.82, 2.24) is 10.2 Å². The molecule has 1 aromatic rings. The highest BCUT2D eigenvalue weighted by molar-refractivity contribution is 9.10. The molecule has 114 valence electrons. The van der Waals surface area contributed by atoms with Gasteiger partial charge in [0, 0.05) is 16.6 Å². The van der Waals surface area contributed by atoms with Gasteiger partial charge >= 0.3 is 0 Å². The number of amides is 1. The Morgan fingerprint density at radius 3 is 2.76 bits per heavy atom. The fourth-order valence-electron chi connectivity index (χ4n) is 3.60. The van der Waals surface area contributed by atoms with Gasteiger partial charge in [0.2, 0.25) is 5.91 Å². The van der Waals surface area contributed by atoms with Crippen LogP contribution in [0, 0.1) is 5.82 Å². The number of carbonyl (C=O) groups excluding carboxylic acids is 1. The Labute approximate surface area is 133 Å². The van der Waals surface area contributed by atoms with Gasteiger partial charge in [0.1, 0.15) is 12.0 Å². The van der Waals surface area contributed by atoms with Gasteiger partial charge in [-0.15, -0.1) is 0 Å². The first-order valence-corrected chi connectivity index (χ1v) is 8.40. The first kappa shape index (κ1) is 15.0. The van der Waals surface area contributed by atoms with Crippen LogP contribution in [0.2, 0.25) is 0 Å². The lowest BCUT2D eigenvalue weighted by Gasteiger charge is -2.31. The summed E-state index contributed by atoms with van der Waals surface area (Å²) in [7, 11) is 0. The molecule has 1 saturated carbocycles. The van der Waals surface area contributed by atoms with Gasteiger partial charge in [0.15, 0.2) is 0 Å². The van der Waals surface area contributed by atoms with Gasteiger partial charge in [-0.25, -0.2) is 4.39 Å². The number of nitrogens with one attached hydrogen (secondary N) is 1. The fraction of sp³-hybridized carbons (Fsp3) is 0.562. The summed E-state index contributed by atoms with van der Waals surface area (Å²) in [6, 6.07) is 4.90. The Kier molecular flexibility index (Phi) is 4.06. The number of hydrogen-bond acceptors (Lipinski definition) is 2. The van der Waals surface area contributed by atoms with Crippen molar-refractivity contribution >= 4 is 21.8 Å². The van der Waals surface area contributed by atoms with Gasteiger partial charge in [0.05, 0.1) is 5.54 Å². The monoisotopic (exact) mass is 354 g/mol. The summed E-state index contributed by atoms with van der Waals surface area (Å²) < 4.78 is 15.0. The second kappa shape index (κ2) is 5.69. The van der Waals surface area contributed by atoms with E-state index in [9.17, 15) is 9.18 Å². The molecule has 1 unspecified atom stereocenters. The molecule has 1 aromatic carbocycles. The van der Waals surface area contributed by atoms with Crippen LogP contribution in [0.15, 0.2) is 22.7 Å². The molecule has 2 aliphatic rings. The van der Waals surface area contributed by atoms with E-state index in [0.29, 0.717) is 12.1 Å². The van der Waals surface area contributed by atoms with E-state index in [1.54, 1.807) is 17.0 Å². The fourth-order valence-corrected chi connectivity index (χ4v) is 3.98. The van der Waals surface area contributed by atoms with Gasteiger partial charge < -0.3 is 4.90 Å². The Morgan fingerprint density at radius 1 is 1.38 bits per heavy atom. The quantitative estimate of drug-likeness (QED) is 0.877. The largest absolute Gasteiger partial charge is 0.321 e. The number of halogens is 2. The number of nitrogens with zero attached hydrogens (tertiary/aromatic N) is 1. The molecule has 0 bridgehead atoms. The molecule has 2 fully saturated rings. The highest BCUT2D eigenvalue weighted by Crippen LogP contribution is 2.40. The molecule has 1 spiro atoms. The molecule has 1 amide bonds. The van der Waals surface area contributed by atoms with Crippen LogP contribution in [0.1, 0.15) is 50.8 Å². The molecule has 3 rings (SSSR count). The lowest BCUT2D eigenvalue weighted by atomic mass is 9.81. The standard InChI is InChI=1S/C16H20BrFN2O/c1-2-20-14(12-10-11(17)6-7-13(12)18)19-16(15(20)21)8-4-3-5-9-16/h6-7,10,14,19H,2-5,8-9H2,1H3. The van der Waals surface area contributed by atoms with Gasteiger partial charge in [0.25, 0.3) is 0 Å². The number of rotatable bonds is 2. The number of likely N-dealkylation sites (N-methyl/N-ethyl adjacent to an activating group) is 1. The van der Waals surface area contributed by atoms with Crippen molar-refractivity contribution in [3.63, 3.8) is 0 Å². The Hall–Kier alpha value is -0.940. The normalized spacial score (nSPS) is 24.8. The minimum absolute atomic E-state index is 0.133. The van der Waals surface area contributed by atoms with E-state index < -0.39 is 5.54 Å². The summed E-state index contributed by atoms with van der Waals surface area (Å²) in [6.45, 7) is 2.54. The molecule has 1 atom stereocenters. The average Bonchev–Trinajstić information content (AvgIpc) is 2.75. The second-order valence-electron chi connectivity index (χ2n) is 5.95. The number of hydrogen-bond donors (Lipinski definition) is 1. The van der Waals surface area contributed by atoms with Crippen LogP contribution >= 0.6 is 15.9 Å². The lowest BCUT2D eigenvalue weighted by Crippen LogP contribution is -2.48. The SMILES string of the molecule is CCN1C(=O)C2(CCCCC2)NC1c1cc(Br)ccc1F. The predicted molar refractivity (Wildman–Crippen MR) is 83.2 cm³/mol. The predicted octanol–water partition coefficient (Wildman–Crippen LogP) is 3.74. The minimum Gasteiger partial charge on any atom is -0.321 e. The zero-order valence-corrected chi connectivity index (χ0v) is 13.7. The van der Waals surface area contributed by atoms with Crippen molar-refractivity contribution in [2.75, 3.05) is 6.54 Å². The Balaban J connectivity index is 1.98. The highest BCUT2D eigenvalue weighted by Gasteiger charge is 2.51. The molecule has 0 aromatic heterocycles. The van der Waals surface area contributed by atoms with Crippen molar-refractivity contribution in [3.05, 3.63) is 34.1 Å². The van der Waals surface area contributed by atoms with E-state index in [1.165, 1.54) is 12.5 Å². The molecule has 1 saturated heterocycles.